The molecule has 1 aromatic carbocycles. The average molecular weight is 315 g/mol. The molecule has 1 saturated carbocycles. The number of halogens is 2. The molecule has 0 amide bonds. The fourth-order valence-electron chi connectivity index (χ4n) is 3.36. The van der Waals surface area contributed by atoms with Gasteiger partial charge < -0.3 is 10.1 Å². The lowest BCUT2D eigenvalue weighted by atomic mass is 9.76. The molecule has 1 atom stereocenters. The molecule has 1 heterocycles. The van der Waals surface area contributed by atoms with Crippen LogP contribution in [-0.4, -0.2) is 38.2 Å². The molecule has 1 aliphatic heterocycles. The van der Waals surface area contributed by atoms with Gasteiger partial charge in [-0.15, -0.1) is 12.4 Å². The van der Waals surface area contributed by atoms with E-state index in [0.29, 0.717) is 17.7 Å². The summed E-state index contributed by atoms with van der Waals surface area (Å²) in [4.78, 5) is 2.55. The minimum Gasteiger partial charge on any atom is -0.494 e. The molecule has 0 bridgehead atoms. The van der Waals surface area contributed by atoms with Gasteiger partial charge >= 0.3 is 0 Å². The first-order valence-electron chi connectivity index (χ1n) is 7.58. The smallest absolute Gasteiger partial charge is 0.165 e. The Morgan fingerprint density at radius 1 is 1.29 bits per heavy atom. The van der Waals surface area contributed by atoms with Gasteiger partial charge in [-0.1, -0.05) is 12.5 Å². The van der Waals surface area contributed by atoms with E-state index in [1.165, 1.54) is 31.9 Å². The molecule has 0 radical (unpaired) electrons. The van der Waals surface area contributed by atoms with Crippen molar-refractivity contribution in [3.8, 4) is 5.75 Å². The molecule has 1 aliphatic carbocycles. The first-order valence-corrected chi connectivity index (χ1v) is 7.58. The third kappa shape index (κ3) is 3.50. The van der Waals surface area contributed by atoms with Crippen LogP contribution in [0.25, 0.3) is 0 Å². The van der Waals surface area contributed by atoms with Crippen molar-refractivity contribution in [1.29, 1.82) is 0 Å². The number of hydrogen-bond acceptors (Lipinski definition) is 3. The summed E-state index contributed by atoms with van der Waals surface area (Å²) in [6.45, 7) is 4.23. The quantitative estimate of drug-likeness (QED) is 0.924. The first-order chi connectivity index (χ1) is 9.79. The van der Waals surface area contributed by atoms with Crippen LogP contribution in [0.2, 0.25) is 0 Å². The molecule has 0 aromatic heterocycles. The van der Waals surface area contributed by atoms with Gasteiger partial charge in [-0.2, -0.15) is 0 Å². The minimum atomic E-state index is -0.274. The van der Waals surface area contributed by atoms with Gasteiger partial charge in [0.1, 0.15) is 0 Å². The van der Waals surface area contributed by atoms with Gasteiger partial charge in [0.05, 0.1) is 7.11 Å². The molecule has 1 saturated heterocycles. The zero-order valence-electron chi connectivity index (χ0n) is 12.5. The number of rotatable bonds is 4. The van der Waals surface area contributed by atoms with Crippen molar-refractivity contribution in [1.82, 2.24) is 10.2 Å². The number of hydrogen-bond donors (Lipinski definition) is 1. The number of ether oxygens (including phenoxy) is 1. The van der Waals surface area contributed by atoms with E-state index < -0.39 is 0 Å². The number of nitrogens with zero attached hydrogens (tertiary/aromatic N) is 1. The Bertz CT molecular complexity index is 462. The van der Waals surface area contributed by atoms with Gasteiger partial charge in [0.25, 0.3) is 0 Å². The van der Waals surface area contributed by atoms with Crippen LogP contribution in [0.4, 0.5) is 4.39 Å². The Morgan fingerprint density at radius 2 is 2.00 bits per heavy atom. The summed E-state index contributed by atoms with van der Waals surface area (Å²) in [5.74, 6) is 0.800. The van der Waals surface area contributed by atoms with Gasteiger partial charge in [0, 0.05) is 32.2 Å². The van der Waals surface area contributed by atoms with E-state index in [9.17, 15) is 4.39 Å². The maximum absolute atomic E-state index is 13.6. The molecule has 21 heavy (non-hydrogen) atoms. The molecule has 1 N–H and O–H groups in total. The Hall–Kier alpha value is -0.840. The van der Waals surface area contributed by atoms with Crippen LogP contribution in [-0.2, 0) is 0 Å². The van der Waals surface area contributed by atoms with E-state index in [4.69, 9.17) is 4.74 Å². The van der Waals surface area contributed by atoms with Crippen LogP contribution >= 0.6 is 12.4 Å². The number of benzene rings is 1. The highest BCUT2D eigenvalue weighted by Crippen LogP contribution is 2.42. The van der Waals surface area contributed by atoms with E-state index in [1.54, 1.807) is 6.07 Å². The fourth-order valence-corrected chi connectivity index (χ4v) is 3.36. The number of piperazine rings is 1. The molecule has 3 rings (SSSR count). The van der Waals surface area contributed by atoms with Crippen molar-refractivity contribution in [2.45, 2.75) is 25.3 Å². The second kappa shape index (κ2) is 7.43. The maximum Gasteiger partial charge on any atom is 0.165 e. The van der Waals surface area contributed by atoms with E-state index in [2.05, 4.69) is 10.2 Å². The third-order valence-electron chi connectivity index (χ3n) is 4.66. The second-order valence-electron chi connectivity index (χ2n) is 5.82. The predicted molar refractivity (Wildman–Crippen MR) is 84.7 cm³/mol. The standard InChI is InChI=1S/C16H23FN2O.ClH/c1-20-15-11-13(5-6-14(15)17)16(12-3-2-4-12)19-9-7-18-8-10-19;/h5-6,11-12,16,18H,2-4,7-10H2,1H3;1H/t16-;/m1./s1. The summed E-state index contributed by atoms with van der Waals surface area (Å²) in [6, 6.07) is 5.78. The summed E-state index contributed by atoms with van der Waals surface area (Å²) >= 11 is 0. The lowest BCUT2D eigenvalue weighted by Gasteiger charge is -2.43. The number of methoxy groups -OCH3 is 1. The normalized spacial score (nSPS) is 21.2. The van der Waals surface area contributed by atoms with Crippen molar-refractivity contribution in [2.24, 2.45) is 5.92 Å². The second-order valence-corrected chi connectivity index (χ2v) is 5.82. The van der Waals surface area contributed by atoms with E-state index in [1.807, 2.05) is 12.1 Å². The van der Waals surface area contributed by atoms with Crippen molar-refractivity contribution in [3.63, 3.8) is 0 Å². The highest BCUT2D eigenvalue weighted by molar-refractivity contribution is 5.85. The molecule has 2 fully saturated rings. The largest absolute Gasteiger partial charge is 0.494 e. The van der Waals surface area contributed by atoms with E-state index >= 15 is 0 Å². The maximum atomic E-state index is 13.6. The monoisotopic (exact) mass is 314 g/mol. The Balaban J connectivity index is 0.00000161. The molecule has 1 aromatic rings. The minimum absolute atomic E-state index is 0. The molecular formula is C16H24ClFN2O. The van der Waals surface area contributed by atoms with Gasteiger partial charge in [0.2, 0.25) is 0 Å². The van der Waals surface area contributed by atoms with Gasteiger partial charge in [-0.05, 0) is 36.5 Å². The lowest BCUT2D eigenvalue weighted by Crippen LogP contribution is -2.47. The number of nitrogens with one attached hydrogen (secondary N) is 1. The van der Waals surface area contributed by atoms with Crippen LogP contribution in [0, 0.1) is 11.7 Å². The van der Waals surface area contributed by atoms with Gasteiger partial charge in [-0.3, -0.25) is 4.90 Å². The lowest BCUT2D eigenvalue weighted by molar-refractivity contribution is 0.0835. The van der Waals surface area contributed by atoms with Crippen LogP contribution in [0.3, 0.4) is 0 Å². The molecule has 3 nitrogen and oxygen atoms in total. The topological polar surface area (TPSA) is 24.5 Å². The Labute approximate surface area is 132 Å². The summed E-state index contributed by atoms with van der Waals surface area (Å²) in [7, 11) is 1.53. The molecule has 118 valence electrons. The molecule has 2 aliphatic rings. The zero-order valence-corrected chi connectivity index (χ0v) is 13.3. The average Bonchev–Trinajstić information content (AvgIpc) is 2.44. The summed E-state index contributed by atoms with van der Waals surface area (Å²) in [5, 5.41) is 3.40. The van der Waals surface area contributed by atoms with Crippen LogP contribution in [0.15, 0.2) is 18.2 Å². The van der Waals surface area contributed by atoms with E-state index in [-0.39, 0.29) is 18.2 Å². The molecule has 0 spiro atoms. The SMILES string of the molecule is COc1cc([C@@H](C2CCC2)N2CCNCC2)ccc1F.Cl. The van der Waals surface area contributed by atoms with E-state index in [0.717, 1.165) is 26.2 Å². The summed E-state index contributed by atoms with van der Waals surface area (Å²) < 4.78 is 18.8. The van der Waals surface area contributed by atoms with Gasteiger partial charge in [0.15, 0.2) is 11.6 Å². The van der Waals surface area contributed by atoms with Crippen LogP contribution in [0.5, 0.6) is 5.75 Å². The Kier molecular flexibility index (Phi) is 5.85. The highest BCUT2D eigenvalue weighted by atomic mass is 35.5. The van der Waals surface area contributed by atoms with Crippen molar-refractivity contribution in [2.75, 3.05) is 33.3 Å². The van der Waals surface area contributed by atoms with Gasteiger partial charge in [-0.25, -0.2) is 4.39 Å². The summed E-state index contributed by atoms with van der Waals surface area (Å²) in [6.07, 6.45) is 3.90. The molecule has 0 unspecified atom stereocenters. The Morgan fingerprint density at radius 3 is 2.57 bits per heavy atom. The summed E-state index contributed by atoms with van der Waals surface area (Å²) in [5.41, 5.74) is 1.20. The molecular weight excluding hydrogens is 291 g/mol. The fraction of sp³-hybridized carbons (Fsp3) is 0.625. The van der Waals surface area contributed by atoms with Crippen LogP contribution in [0.1, 0.15) is 30.9 Å². The van der Waals surface area contributed by atoms with Crippen molar-refractivity contribution < 1.29 is 9.13 Å². The van der Waals surface area contributed by atoms with Crippen LogP contribution < -0.4 is 10.1 Å². The predicted octanol–water partition coefficient (Wildman–Crippen LogP) is 3.00. The first kappa shape index (κ1) is 16.5. The van der Waals surface area contributed by atoms with Crippen molar-refractivity contribution in [3.05, 3.63) is 29.6 Å². The molecule has 5 heteroatoms. The zero-order chi connectivity index (χ0) is 13.9. The van der Waals surface area contributed by atoms with Crippen molar-refractivity contribution >= 4 is 12.4 Å². The third-order valence-corrected chi connectivity index (χ3v) is 4.66. The highest BCUT2D eigenvalue weighted by Gasteiger charge is 2.33.